The molecule has 33 heavy (non-hydrogen) atoms. The van der Waals surface area contributed by atoms with Gasteiger partial charge in [0.1, 0.15) is 12.4 Å². The van der Waals surface area contributed by atoms with Crippen LogP contribution in [0.1, 0.15) is 17.0 Å². The van der Waals surface area contributed by atoms with E-state index in [1.54, 1.807) is 49.4 Å². The molecule has 0 spiro atoms. The average Bonchev–Trinajstić information content (AvgIpc) is 2.75. The predicted molar refractivity (Wildman–Crippen MR) is 141 cm³/mol. The third-order valence-corrected chi connectivity index (χ3v) is 6.65. The van der Waals surface area contributed by atoms with E-state index in [9.17, 15) is 4.79 Å². The van der Waals surface area contributed by atoms with Crippen LogP contribution in [0.4, 0.5) is 0 Å². The monoisotopic (exact) mass is 627 g/mol. The van der Waals surface area contributed by atoms with E-state index < -0.39 is 0 Å². The summed E-state index contributed by atoms with van der Waals surface area (Å²) in [5.41, 5.74) is 1.80. The number of aryl methyl sites for hydroxylation is 1. The molecule has 3 aromatic carbocycles. The fourth-order valence-corrected chi connectivity index (χ4v) is 4.91. The van der Waals surface area contributed by atoms with Crippen molar-refractivity contribution in [2.45, 2.75) is 13.5 Å². The number of hydrogen-bond donors (Lipinski definition) is 0. The van der Waals surface area contributed by atoms with Crippen LogP contribution in [0.25, 0.3) is 10.9 Å². The Kier molecular flexibility index (Phi) is 7.46. The van der Waals surface area contributed by atoms with Gasteiger partial charge < -0.3 is 4.74 Å². The Balaban J connectivity index is 1.60. The quantitative estimate of drug-likeness (QED) is 0.213. The summed E-state index contributed by atoms with van der Waals surface area (Å²) >= 11 is 25.5. The van der Waals surface area contributed by atoms with Crippen LogP contribution in [0.2, 0.25) is 15.1 Å². The van der Waals surface area contributed by atoms with Gasteiger partial charge in [0, 0.05) is 20.1 Å². The number of ether oxygens (including phenoxy) is 1. The summed E-state index contributed by atoms with van der Waals surface area (Å²) < 4.78 is 8.54. The summed E-state index contributed by atoms with van der Waals surface area (Å²) in [6.07, 6.45) is 1.54. The fraction of sp³-hybridized carbons (Fsp3) is 0.0870. The Morgan fingerprint density at radius 2 is 1.85 bits per heavy atom. The minimum absolute atomic E-state index is 0.217. The summed E-state index contributed by atoms with van der Waals surface area (Å²) in [7, 11) is 0. The number of nitrogens with zero attached hydrogens (tertiary/aromatic N) is 3. The van der Waals surface area contributed by atoms with Crippen molar-refractivity contribution in [2.75, 3.05) is 0 Å². The van der Waals surface area contributed by atoms with Gasteiger partial charge in [-0.05, 0) is 70.9 Å². The van der Waals surface area contributed by atoms with Gasteiger partial charge in [0.25, 0.3) is 5.56 Å². The minimum atomic E-state index is -0.264. The Morgan fingerprint density at radius 3 is 2.58 bits per heavy atom. The predicted octanol–water partition coefficient (Wildman–Crippen LogP) is 7.65. The zero-order valence-corrected chi connectivity index (χ0v) is 22.4. The lowest BCUT2D eigenvalue weighted by Crippen LogP contribution is -2.20. The number of rotatable bonds is 5. The molecule has 0 radical (unpaired) electrons. The highest BCUT2D eigenvalue weighted by Gasteiger charge is 2.12. The number of halogens is 5. The smallest absolute Gasteiger partial charge is 0.282 e. The zero-order chi connectivity index (χ0) is 23.7. The normalized spacial score (nSPS) is 11.5. The van der Waals surface area contributed by atoms with Gasteiger partial charge in [0.05, 0.1) is 26.6 Å². The van der Waals surface area contributed by atoms with Crippen LogP contribution in [0.3, 0.4) is 0 Å². The first-order valence-corrected chi connectivity index (χ1v) is 12.2. The van der Waals surface area contributed by atoms with E-state index in [1.165, 1.54) is 10.9 Å². The van der Waals surface area contributed by atoms with Gasteiger partial charge >= 0.3 is 0 Å². The van der Waals surface area contributed by atoms with E-state index in [2.05, 4.69) is 41.9 Å². The van der Waals surface area contributed by atoms with Crippen molar-refractivity contribution in [1.29, 1.82) is 0 Å². The second kappa shape index (κ2) is 10.2. The van der Waals surface area contributed by atoms with Gasteiger partial charge in [-0.25, -0.2) is 4.98 Å². The van der Waals surface area contributed by atoms with Crippen molar-refractivity contribution in [2.24, 2.45) is 5.10 Å². The maximum absolute atomic E-state index is 12.9. The van der Waals surface area contributed by atoms with Crippen molar-refractivity contribution >= 4 is 83.8 Å². The van der Waals surface area contributed by atoms with Crippen LogP contribution in [-0.4, -0.2) is 15.9 Å². The molecule has 0 N–H and O–H groups in total. The summed E-state index contributed by atoms with van der Waals surface area (Å²) in [6, 6.07) is 14.0. The number of benzene rings is 3. The SMILES string of the molecule is Cc1nc2ccc(Br)cc2c(=O)n1N=Cc1cc(Cl)c(OCc2ccc(Cl)cc2Cl)c(Br)c1. The number of hydrogen-bond acceptors (Lipinski definition) is 4. The van der Waals surface area contributed by atoms with Crippen LogP contribution in [-0.2, 0) is 6.61 Å². The Hall–Kier alpha value is -1.90. The summed E-state index contributed by atoms with van der Waals surface area (Å²) in [5, 5.41) is 6.24. The molecule has 0 saturated heterocycles. The molecule has 5 nitrogen and oxygen atoms in total. The fourth-order valence-electron chi connectivity index (χ4n) is 3.10. The second-order valence-electron chi connectivity index (χ2n) is 7.02. The van der Waals surface area contributed by atoms with Gasteiger partial charge in [-0.15, -0.1) is 0 Å². The Morgan fingerprint density at radius 1 is 1.06 bits per heavy atom. The molecule has 0 fully saturated rings. The van der Waals surface area contributed by atoms with Crippen molar-refractivity contribution in [3.05, 3.63) is 99.8 Å². The van der Waals surface area contributed by atoms with E-state index in [0.29, 0.717) is 47.6 Å². The molecule has 0 aliphatic rings. The van der Waals surface area contributed by atoms with Gasteiger partial charge in [-0.1, -0.05) is 56.8 Å². The van der Waals surface area contributed by atoms with E-state index in [4.69, 9.17) is 39.5 Å². The number of aromatic nitrogens is 2. The standard InChI is InChI=1S/C23H14Br2Cl3N3O2/c1-12-30-21-5-3-15(24)8-17(21)23(32)31(12)29-10-13-6-18(25)22(20(28)7-13)33-11-14-2-4-16(26)9-19(14)27/h2-10H,11H2,1H3. The summed E-state index contributed by atoms with van der Waals surface area (Å²) in [5.74, 6) is 0.932. The lowest BCUT2D eigenvalue weighted by Gasteiger charge is -2.12. The molecule has 0 aliphatic carbocycles. The van der Waals surface area contributed by atoms with Crippen LogP contribution >= 0.6 is 66.7 Å². The molecule has 10 heteroatoms. The molecule has 4 aromatic rings. The van der Waals surface area contributed by atoms with E-state index >= 15 is 0 Å². The molecule has 1 heterocycles. The Labute approximate surface area is 221 Å². The molecule has 168 valence electrons. The molecule has 4 rings (SSSR count). The highest BCUT2D eigenvalue weighted by atomic mass is 79.9. The minimum Gasteiger partial charge on any atom is -0.486 e. The van der Waals surface area contributed by atoms with Gasteiger partial charge in [-0.2, -0.15) is 9.78 Å². The number of fused-ring (bicyclic) bond motifs is 1. The largest absolute Gasteiger partial charge is 0.486 e. The van der Waals surface area contributed by atoms with E-state index in [-0.39, 0.29) is 12.2 Å². The lowest BCUT2D eigenvalue weighted by atomic mass is 10.2. The summed E-state index contributed by atoms with van der Waals surface area (Å²) in [6.45, 7) is 1.94. The maximum Gasteiger partial charge on any atom is 0.282 e. The molecule has 0 unspecified atom stereocenters. The summed E-state index contributed by atoms with van der Waals surface area (Å²) in [4.78, 5) is 17.4. The van der Waals surface area contributed by atoms with E-state index in [1.807, 2.05) is 6.07 Å². The lowest BCUT2D eigenvalue weighted by molar-refractivity contribution is 0.304. The first-order chi connectivity index (χ1) is 15.7. The van der Waals surface area contributed by atoms with Gasteiger partial charge in [0.15, 0.2) is 5.75 Å². The second-order valence-corrected chi connectivity index (χ2v) is 10.0. The van der Waals surface area contributed by atoms with Gasteiger partial charge in [-0.3, -0.25) is 4.79 Å². The van der Waals surface area contributed by atoms with E-state index in [0.717, 1.165) is 10.0 Å². The molecular weight excluding hydrogens is 616 g/mol. The Bertz CT molecular complexity index is 1450. The van der Waals surface area contributed by atoms with Crippen molar-refractivity contribution in [3.8, 4) is 5.75 Å². The first kappa shape index (κ1) is 24.2. The van der Waals surface area contributed by atoms with Crippen molar-refractivity contribution < 1.29 is 4.74 Å². The van der Waals surface area contributed by atoms with Crippen LogP contribution in [0.5, 0.6) is 5.75 Å². The highest BCUT2D eigenvalue weighted by molar-refractivity contribution is 9.10. The molecular formula is C23H14Br2Cl3N3O2. The third-order valence-electron chi connectivity index (χ3n) is 4.70. The van der Waals surface area contributed by atoms with Crippen molar-refractivity contribution in [3.63, 3.8) is 0 Å². The maximum atomic E-state index is 12.9. The molecule has 0 atom stereocenters. The van der Waals surface area contributed by atoms with Crippen LogP contribution in [0.15, 0.2) is 67.4 Å². The zero-order valence-electron chi connectivity index (χ0n) is 17.0. The third kappa shape index (κ3) is 5.44. The highest BCUT2D eigenvalue weighted by Crippen LogP contribution is 2.35. The first-order valence-electron chi connectivity index (χ1n) is 9.52. The molecule has 0 bridgehead atoms. The van der Waals surface area contributed by atoms with Crippen LogP contribution in [0, 0.1) is 6.92 Å². The molecule has 0 amide bonds. The topological polar surface area (TPSA) is 56.5 Å². The molecule has 1 aromatic heterocycles. The van der Waals surface area contributed by atoms with Gasteiger partial charge in [0.2, 0.25) is 0 Å². The average molecular weight is 631 g/mol. The molecule has 0 aliphatic heterocycles. The molecule has 0 saturated carbocycles. The van der Waals surface area contributed by atoms with Crippen molar-refractivity contribution in [1.82, 2.24) is 9.66 Å². The van der Waals surface area contributed by atoms with Crippen LogP contribution < -0.4 is 10.3 Å².